The van der Waals surface area contributed by atoms with Gasteiger partial charge in [0.25, 0.3) is 0 Å². The van der Waals surface area contributed by atoms with Gasteiger partial charge in [0.1, 0.15) is 5.76 Å². The smallest absolute Gasteiger partial charge is 0.381 e. The van der Waals surface area contributed by atoms with E-state index in [4.69, 9.17) is 0 Å². The normalized spacial score (nSPS) is 32.0. The van der Waals surface area contributed by atoms with E-state index >= 15 is 0 Å². The second-order valence-electron chi connectivity index (χ2n) is 7.64. The van der Waals surface area contributed by atoms with Crippen molar-refractivity contribution in [3.8, 4) is 0 Å². The number of halogens is 3. The molecular weight excluding hydrogens is 353 g/mol. The minimum Gasteiger partial charge on any atom is -0.381 e. The lowest BCUT2D eigenvalue weighted by Crippen LogP contribution is -2.27. The molecule has 0 heterocycles. The van der Waals surface area contributed by atoms with Crippen LogP contribution in [0, 0.1) is 23.7 Å². The number of hydrogen-bond acceptors (Lipinski definition) is 3. The molecule has 0 radical (unpaired) electrons. The Hall–Kier alpha value is -0.720. The highest BCUT2D eigenvalue weighted by Crippen LogP contribution is 2.43. The second kappa shape index (κ2) is 8.31. The average Bonchev–Trinajstić information content (AvgIpc) is 2.73. The van der Waals surface area contributed by atoms with E-state index in [9.17, 15) is 21.6 Å². The van der Waals surface area contributed by atoms with Crippen LogP contribution in [0.5, 0.6) is 0 Å². The monoisotopic (exact) mass is 382 g/mol. The average molecular weight is 382 g/mol. The maximum Gasteiger partial charge on any atom is 0.534 e. The summed E-state index contributed by atoms with van der Waals surface area (Å²) in [5, 5.41) is 0. The van der Waals surface area contributed by atoms with Gasteiger partial charge in [0.05, 0.1) is 0 Å². The highest BCUT2D eigenvalue weighted by Gasteiger charge is 2.48. The summed E-state index contributed by atoms with van der Waals surface area (Å²) in [6.07, 6.45) is 10.1. The fourth-order valence-electron chi connectivity index (χ4n) is 4.46. The van der Waals surface area contributed by atoms with E-state index in [0.717, 1.165) is 12.3 Å². The lowest BCUT2D eigenvalue weighted by atomic mass is 9.68. The Morgan fingerprint density at radius 1 is 1.20 bits per heavy atom. The van der Waals surface area contributed by atoms with Crippen LogP contribution in [0.1, 0.15) is 71.6 Å². The lowest BCUT2D eigenvalue weighted by molar-refractivity contribution is -0.0523. The van der Waals surface area contributed by atoms with Crippen LogP contribution in [0.4, 0.5) is 13.2 Å². The van der Waals surface area contributed by atoms with Gasteiger partial charge in [0.2, 0.25) is 0 Å². The van der Waals surface area contributed by atoms with Crippen molar-refractivity contribution < 1.29 is 25.8 Å². The van der Waals surface area contributed by atoms with Gasteiger partial charge in [-0.1, -0.05) is 26.7 Å². The summed E-state index contributed by atoms with van der Waals surface area (Å²) >= 11 is 0. The molecule has 0 N–H and O–H groups in total. The molecule has 25 heavy (non-hydrogen) atoms. The molecule has 0 aromatic carbocycles. The van der Waals surface area contributed by atoms with Gasteiger partial charge in [0.15, 0.2) is 0 Å². The van der Waals surface area contributed by atoms with E-state index in [-0.39, 0.29) is 12.2 Å². The molecule has 0 amide bonds. The molecule has 1 saturated carbocycles. The molecule has 4 atom stereocenters. The molecule has 0 aliphatic heterocycles. The van der Waals surface area contributed by atoms with Crippen molar-refractivity contribution in [2.45, 2.75) is 77.1 Å². The highest BCUT2D eigenvalue weighted by atomic mass is 32.2. The topological polar surface area (TPSA) is 43.4 Å². The van der Waals surface area contributed by atoms with Crippen LogP contribution in [0.15, 0.2) is 11.8 Å². The summed E-state index contributed by atoms with van der Waals surface area (Å²) in [6.45, 7) is 4.52. The van der Waals surface area contributed by atoms with E-state index in [0.29, 0.717) is 30.6 Å². The number of alkyl halides is 3. The Labute approximate surface area is 149 Å². The third kappa shape index (κ3) is 5.38. The Balaban J connectivity index is 1.95. The largest absolute Gasteiger partial charge is 0.534 e. The summed E-state index contributed by atoms with van der Waals surface area (Å²) in [7, 11) is -5.55. The molecular formula is C18H29F3O3S. The van der Waals surface area contributed by atoms with Gasteiger partial charge in [0, 0.05) is 6.42 Å². The molecule has 146 valence electrons. The van der Waals surface area contributed by atoms with Crippen LogP contribution in [0.25, 0.3) is 0 Å². The van der Waals surface area contributed by atoms with E-state index in [2.05, 4.69) is 18.0 Å². The molecule has 3 nitrogen and oxygen atoms in total. The third-order valence-corrected chi connectivity index (χ3v) is 6.86. The van der Waals surface area contributed by atoms with Gasteiger partial charge < -0.3 is 4.18 Å². The predicted octanol–water partition coefficient (Wildman–Crippen LogP) is 5.78. The maximum absolute atomic E-state index is 12.5. The van der Waals surface area contributed by atoms with Crippen molar-refractivity contribution in [1.82, 2.24) is 0 Å². The number of rotatable bonds is 5. The van der Waals surface area contributed by atoms with Crippen LogP contribution in [-0.4, -0.2) is 13.9 Å². The van der Waals surface area contributed by atoms with Gasteiger partial charge in [-0.3, -0.25) is 0 Å². The first kappa shape index (κ1) is 20.6. The van der Waals surface area contributed by atoms with Crippen molar-refractivity contribution in [2.24, 2.45) is 23.7 Å². The summed E-state index contributed by atoms with van der Waals surface area (Å²) in [6, 6.07) is 0. The second-order valence-corrected chi connectivity index (χ2v) is 9.18. The van der Waals surface area contributed by atoms with Gasteiger partial charge in [-0.25, -0.2) is 0 Å². The van der Waals surface area contributed by atoms with Crippen molar-refractivity contribution in [3.05, 3.63) is 11.8 Å². The molecule has 1 fully saturated rings. The molecule has 0 spiro atoms. The van der Waals surface area contributed by atoms with Gasteiger partial charge in [-0.2, -0.15) is 21.6 Å². The van der Waals surface area contributed by atoms with Crippen molar-refractivity contribution >= 4 is 10.1 Å². The zero-order valence-electron chi connectivity index (χ0n) is 15.0. The zero-order chi connectivity index (χ0) is 18.7. The minimum atomic E-state index is -5.55. The first-order valence-electron chi connectivity index (χ1n) is 9.33. The molecule has 7 heteroatoms. The Morgan fingerprint density at radius 3 is 2.52 bits per heavy atom. The molecule has 0 aromatic rings. The standard InChI is InChI=1S/C18H29F3O3S/c1-3-5-14-8-9-16(12-13(14)2)15-6-4-7-17(11-10-15)24-25(22,23)18(19,20)21/h11,13-16H,3-10,12H2,1-2H3. The van der Waals surface area contributed by atoms with E-state index in [1.54, 1.807) is 6.08 Å². The first-order chi connectivity index (χ1) is 11.6. The Kier molecular flexibility index (Phi) is 6.85. The van der Waals surface area contributed by atoms with Crippen LogP contribution >= 0.6 is 0 Å². The number of hydrogen-bond donors (Lipinski definition) is 0. The van der Waals surface area contributed by atoms with E-state index in [1.165, 1.54) is 32.1 Å². The minimum absolute atomic E-state index is 0.0486. The Morgan fingerprint density at radius 2 is 1.92 bits per heavy atom. The fraction of sp³-hybridized carbons (Fsp3) is 0.889. The molecule has 2 rings (SSSR count). The SMILES string of the molecule is CCCC1CCC(C2CC=C(OS(=O)(=O)C(F)(F)F)CCC2)CC1C. The summed E-state index contributed by atoms with van der Waals surface area (Å²) < 4.78 is 64.1. The molecule has 0 aromatic heterocycles. The predicted molar refractivity (Wildman–Crippen MR) is 91.0 cm³/mol. The van der Waals surface area contributed by atoms with Gasteiger partial charge >= 0.3 is 15.6 Å². The molecule has 0 bridgehead atoms. The summed E-state index contributed by atoms with van der Waals surface area (Å²) in [5.74, 6) is 2.43. The third-order valence-electron chi connectivity index (χ3n) is 5.86. The van der Waals surface area contributed by atoms with Gasteiger partial charge in [-0.15, -0.1) is 0 Å². The van der Waals surface area contributed by atoms with Crippen LogP contribution in [0.2, 0.25) is 0 Å². The van der Waals surface area contributed by atoms with Crippen LogP contribution < -0.4 is 0 Å². The van der Waals surface area contributed by atoms with Gasteiger partial charge in [-0.05, 0) is 68.3 Å². The van der Waals surface area contributed by atoms with E-state index < -0.39 is 15.6 Å². The lowest BCUT2D eigenvalue weighted by Gasteiger charge is -2.38. The van der Waals surface area contributed by atoms with Crippen molar-refractivity contribution in [3.63, 3.8) is 0 Å². The molecule has 0 saturated heterocycles. The highest BCUT2D eigenvalue weighted by molar-refractivity contribution is 7.87. The Bertz CT molecular complexity index is 569. The fourth-order valence-corrected chi connectivity index (χ4v) is 4.99. The summed E-state index contributed by atoms with van der Waals surface area (Å²) in [4.78, 5) is 0. The first-order valence-corrected chi connectivity index (χ1v) is 10.7. The zero-order valence-corrected chi connectivity index (χ0v) is 15.8. The quantitative estimate of drug-likeness (QED) is 0.447. The van der Waals surface area contributed by atoms with Crippen molar-refractivity contribution in [1.29, 1.82) is 0 Å². The van der Waals surface area contributed by atoms with Crippen LogP contribution in [-0.2, 0) is 14.3 Å². The molecule has 2 aliphatic carbocycles. The molecule has 2 aliphatic rings. The van der Waals surface area contributed by atoms with Crippen molar-refractivity contribution in [2.75, 3.05) is 0 Å². The number of allylic oxidation sites excluding steroid dienone is 2. The summed E-state index contributed by atoms with van der Waals surface area (Å²) in [5.41, 5.74) is -5.37. The van der Waals surface area contributed by atoms with Crippen LogP contribution in [0.3, 0.4) is 0 Å². The maximum atomic E-state index is 12.5. The van der Waals surface area contributed by atoms with E-state index in [1.807, 2.05) is 0 Å². The molecule has 4 unspecified atom stereocenters.